The van der Waals surface area contributed by atoms with Gasteiger partial charge in [-0.3, -0.25) is 13.8 Å². The lowest BCUT2D eigenvalue weighted by Crippen LogP contribution is -2.46. The van der Waals surface area contributed by atoms with Crippen molar-refractivity contribution < 1.29 is 13.8 Å². The highest BCUT2D eigenvalue weighted by Gasteiger charge is 2.24. The minimum atomic E-state index is -1.11. The van der Waals surface area contributed by atoms with Crippen LogP contribution >= 0.6 is 0 Å². The molecule has 0 aromatic heterocycles. The molecule has 2 aliphatic rings. The molecule has 1 saturated carbocycles. The van der Waals surface area contributed by atoms with E-state index in [0.717, 1.165) is 25.7 Å². The molecule has 1 saturated heterocycles. The van der Waals surface area contributed by atoms with Gasteiger partial charge in [-0.15, -0.1) is 0 Å². The molecule has 2 amide bonds. The zero-order valence-corrected chi connectivity index (χ0v) is 13.4. The van der Waals surface area contributed by atoms with Crippen LogP contribution < -0.4 is 10.6 Å². The molecule has 120 valence electrons. The van der Waals surface area contributed by atoms with Crippen LogP contribution in [0.2, 0.25) is 0 Å². The molecular weight excluding hydrogens is 288 g/mol. The van der Waals surface area contributed by atoms with Crippen molar-refractivity contribution in [3.05, 3.63) is 0 Å². The largest absolute Gasteiger partial charge is 0.354 e. The summed E-state index contributed by atoms with van der Waals surface area (Å²) in [6.07, 6.45) is 8.54. The predicted octanol–water partition coefficient (Wildman–Crippen LogP) is 1.10. The number of amides is 2. The summed E-state index contributed by atoms with van der Waals surface area (Å²) in [5, 5.41) is 5.52. The minimum absolute atomic E-state index is 0.0281. The number of carbonyl (C=O) groups is 2. The van der Waals surface area contributed by atoms with Crippen molar-refractivity contribution in [1.82, 2.24) is 10.6 Å². The molecule has 21 heavy (non-hydrogen) atoms. The third-order valence-corrected chi connectivity index (χ3v) is 5.74. The van der Waals surface area contributed by atoms with Crippen molar-refractivity contribution in [1.29, 1.82) is 0 Å². The molecule has 0 aromatic rings. The summed E-state index contributed by atoms with van der Waals surface area (Å²) in [5.74, 6) is 0.795. The standard InChI is InChI=1S/C15H26N2O3S/c18-14(17-13-8-4-5-9-16-15(13)19)11-21(20)10-12-6-2-1-3-7-12/h12-13H,1-11H2,(H,16,19)(H,17,18)/t13-,21+/m1/s1. The fourth-order valence-corrected chi connectivity index (χ4v) is 4.49. The first-order valence-electron chi connectivity index (χ1n) is 8.07. The maximum Gasteiger partial charge on any atom is 0.242 e. The van der Waals surface area contributed by atoms with Crippen molar-refractivity contribution in [2.75, 3.05) is 18.1 Å². The van der Waals surface area contributed by atoms with E-state index >= 15 is 0 Å². The lowest BCUT2D eigenvalue weighted by molar-refractivity contribution is -0.127. The fourth-order valence-electron chi connectivity index (χ4n) is 3.13. The van der Waals surface area contributed by atoms with Gasteiger partial charge in [-0.05, 0) is 38.0 Å². The molecule has 1 aliphatic carbocycles. The fraction of sp³-hybridized carbons (Fsp3) is 0.867. The third kappa shape index (κ3) is 5.77. The van der Waals surface area contributed by atoms with Gasteiger partial charge in [-0.2, -0.15) is 0 Å². The highest BCUT2D eigenvalue weighted by atomic mass is 32.2. The molecule has 0 radical (unpaired) electrons. The maximum atomic E-state index is 12.1. The van der Waals surface area contributed by atoms with Gasteiger partial charge in [0, 0.05) is 23.1 Å². The highest BCUT2D eigenvalue weighted by molar-refractivity contribution is 7.85. The average molecular weight is 314 g/mol. The second-order valence-electron chi connectivity index (χ2n) is 6.16. The molecule has 0 unspecified atom stereocenters. The summed E-state index contributed by atoms with van der Waals surface area (Å²) in [6.45, 7) is 0.679. The second-order valence-corrected chi connectivity index (χ2v) is 7.66. The highest BCUT2D eigenvalue weighted by Crippen LogP contribution is 2.24. The Kier molecular flexibility index (Phi) is 6.67. The first-order valence-corrected chi connectivity index (χ1v) is 9.56. The topological polar surface area (TPSA) is 75.3 Å². The first kappa shape index (κ1) is 16.5. The number of rotatable bonds is 5. The van der Waals surface area contributed by atoms with Gasteiger partial charge in [0.2, 0.25) is 11.8 Å². The molecule has 5 nitrogen and oxygen atoms in total. The zero-order chi connectivity index (χ0) is 15.1. The quantitative estimate of drug-likeness (QED) is 0.798. The molecule has 2 N–H and O–H groups in total. The van der Waals surface area contributed by atoms with Gasteiger partial charge in [0.05, 0.1) is 0 Å². The summed E-state index contributed by atoms with van der Waals surface area (Å²) >= 11 is 0. The second kappa shape index (κ2) is 8.51. The summed E-state index contributed by atoms with van der Waals surface area (Å²) < 4.78 is 12.1. The van der Waals surface area contributed by atoms with Gasteiger partial charge in [0.25, 0.3) is 0 Å². The van der Waals surface area contributed by atoms with E-state index in [0.29, 0.717) is 24.6 Å². The van der Waals surface area contributed by atoms with Crippen molar-refractivity contribution in [2.24, 2.45) is 5.92 Å². The Morgan fingerprint density at radius 3 is 2.62 bits per heavy atom. The van der Waals surface area contributed by atoms with Crippen LogP contribution in [0, 0.1) is 5.92 Å². The maximum absolute atomic E-state index is 12.1. The molecule has 1 aliphatic heterocycles. The number of nitrogens with one attached hydrogen (secondary N) is 2. The van der Waals surface area contributed by atoms with Gasteiger partial charge in [0.15, 0.2) is 0 Å². The van der Waals surface area contributed by atoms with Gasteiger partial charge in [-0.1, -0.05) is 19.3 Å². The van der Waals surface area contributed by atoms with E-state index in [2.05, 4.69) is 10.6 Å². The zero-order valence-electron chi connectivity index (χ0n) is 12.6. The summed E-state index contributed by atoms with van der Waals surface area (Å²) in [5.41, 5.74) is 0. The van der Waals surface area contributed by atoms with E-state index in [-0.39, 0.29) is 17.6 Å². The number of hydrogen-bond acceptors (Lipinski definition) is 3. The van der Waals surface area contributed by atoms with Crippen LogP contribution in [0.5, 0.6) is 0 Å². The SMILES string of the molecule is O=C(C[S@@](=O)CC1CCCCC1)N[C@@H]1CCCCNC1=O. The Balaban J connectivity index is 1.72. The average Bonchev–Trinajstić information content (AvgIpc) is 2.65. The Bertz CT molecular complexity index is 394. The Morgan fingerprint density at radius 1 is 1.14 bits per heavy atom. The normalized spacial score (nSPS) is 25.7. The predicted molar refractivity (Wildman–Crippen MR) is 83.2 cm³/mol. The van der Waals surface area contributed by atoms with E-state index in [1.807, 2.05) is 0 Å². The van der Waals surface area contributed by atoms with Crippen LogP contribution in [0.1, 0.15) is 51.4 Å². The smallest absolute Gasteiger partial charge is 0.242 e. The monoisotopic (exact) mass is 314 g/mol. The Hall–Kier alpha value is -0.910. The molecular formula is C15H26N2O3S. The lowest BCUT2D eigenvalue weighted by atomic mass is 9.91. The van der Waals surface area contributed by atoms with Crippen LogP contribution in [-0.4, -0.2) is 40.1 Å². The number of carbonyl (C=O) groups excluding carboxylic acids is 2. The molecule has 2 fully saturated rings. The van der Waals surface area contributed by atoms with Crippen molar-refractivity contribution >= 4 is 22.6 Å². The van der Waals surface area contributed by atoms with E-state index in [1.54, 1.807) is 0 Å². The molecule has 0 spiro atoms. The molecule has 6 heteroatoms. The molecule has 1 heterocycles. The van der Waals surface area contributed by atoms with Crippen molar-refractivity contribution in [2.45, 2.75) is 57.4 Å². The lowest BCUT2D eigenvalue weighted by Gasteiger charge is -2.21. The van der Waals surface area contributed by atoms with Crippen LogP contribution in [0.25, 0.3) is 0 Å². The molecule has 2 rings (SSSR count). The van der Waals surface area contributed by atoms with E-state index in [9.17, 15) is 13.8 Å². The van der Waals surface area contributed by atoms with Crippen LogP contribution in [0.4, 0.5) is 0 Å². The molecule has 0 bridgehead atoms. The summed E-state index contributed by atoms with van der Waals surface area (Å²) in [6, 6.07) is -0.452. The number of hydrogen-bond donors (Lipinski definition) is 2. The van der Waals surface area contributed by atoms with Crippen LogP contribution in [-0.2, 0) is 20.4 Å². The summed E-state index contributed by atoms with van der Waals surface area (Å²) in [7, 11) is -1.11. The molecule has 2 atom stereocenters. The van der Waals surface area contributed by atoms with Gasteiger partial charge >= 0.3 is 0 Å². The minimum Gasteiger partial charge on any atom is -0.354 e. The van der Waals surface area contributed by atoms with E-state index < -0.39 is 16.8 Å². The molecule has 0 aromatic carbocycles. The van der Waals surface area contributed by atoms with Gasteiger partial charge in [-0.25, -0.2) is 0 Å². The van der Waals surface area contributed by atoms with E-state index in [4.69, 9.17) is 0 Å². The van der Waals surface area contributed by atoms with Crippen LogP contribution in [0.15, 0.2) is 0 Å². The van der Waals surface area contributed by atoms with Crippen molar-refractivity contribution in [3.8, 4) is 0 Å². The van der Waals surface area contributed by atoms with Gasteiger partial charge in [0.1, 0.15) is 11.8 Å². The van der Waals surface area contributed by atoms with E-state index in [1.165, 1.54) is 19.3 Å². The summed E-state index contributed by atoms with van der Waals surface area (Å²) in [4.78, 5) is 23.7. The van der Waals surface area contributed by atoms with Crippen LogP contribution in [0.3, 0.4) is 0 Å². The Morgan fingerprint density at radius 2 is 1.86 bits per heavy atom. The van der Waals surface area contributed by atoms with Gasteiger partial charge < -0.3 is 10.6 Å². The van der Waals surface area contributed by atoms with Crippen molar-refractivity contribution in [3.63, 3.8) is 0 Å². The Labute approximate surface area is 129 Å². The third-order valence-electron chi connectivity index (χ3n) is 4.31. The first-order chi connectivity index (χ1) is 10.1.